The van der Waals surface area contributed by atoms with E-state index in [9.17, 15) is 9.59 Å². The topological polar surface area (TPSA) is 82.5 Å². The van der Waals surface area contributed by atoms with Gasteiger partial charge in [0.05, 0.1) is 21.1 Å². The fraction of sp³-hybridized carbons (Fsp3) is 0.464. The summed E-state index contributed by atoms with van der Waals surface area (Å²) in [4.78, 5) is 30.3. The van der Waals surface area contributed by atoms with Crippen molar-refractivity contribution in [1.82, 2.24) is 14.9 Å². The van der Waals surface area contributed by atoms with Crippen molar-refractivity contribution in [2.24, 2.45) is 0 Å². The van der Waals surface area contributed by atoms with Gasteiger partial charge < -0.3 is 19.4 Å². The summed E-state index contributed by atoms with van der Waals surface area (Å²) in [6, 6.07) is 12.1. The number of nitrogens with one attached hydrogen (secondary N) is 1. The fourth-order valence-electron chi connectivity index (χ4n) is 3.93. The first kappa shape index (κ1) is 28.8. The molecule has 9 heteroatoms. The van der Waals surface area contributed by atoms with Crippen molar-refractivity contribution >= 4 is 46.3 Å². The van der Waals surface area contributed by atoms with Gasteiger partial charge in [-0.3, -0.25) is 0 Å². The van der Waals surface area contributed by atoms with Gasteiger partial charge in [-0.15, -0.1) is 0 Å². The molecule has 0 aliphatic carbocycles. The third kappa shape index (κ3) is 8.64. The highest BCUT2D eigenvalue weighted by molar-refractivity contribution is 6.42. The van der Waals surface area contributed by atoms with Crippen LogP contribution in [0.25, 0.3) is 11.0 Å². The van der Waals surface area contributed by atoms with Crippen molar-refractivity contribution in [2.45, 2.75) is 84.6 Å². The quantitative estimate of drug-likeness (QED) is 0.204. The summed E-state index contributed by atoms with van der Waals surface area (Å²) < 4.78 is 13.0. The maximum Gasteiger partial charge on any atom is 0.408 e. The smallest absolute Gasteiger partial charge is 0.408 e. The summed E-state index contributed by atoms with van der Waals surface area (Å²) in [5.74, 6) is 0.255. The number of benzene rings is 2. The van der Waals surface area contributed by atoms with E-state index >= 15 is 0 Å². The Balaban J connectivity index is 1.80. The maximum atomic E-state index is 13.0. The number of imidazole rings is 1. The molecule has 200 valence electrons. The number of halogens is 2. The highest BCUT2D eigenvalue weighted by Crippen LogP contribution is 2.29. The number of amides is 1. The van der Waals surface area contributed by atoms with Crippen molar-refractivity contribution in [3.8, 4) is 0 Å². The van der Waals surface area contributed by atoms with Crippen LogP contribution in [0, 0.1) is 0 Å². The minimum Gasteiger partial charge on any atom is -0.459 e. The Morgan fingerprint density at radius 1 is 1.08 bits per heavy atom. The van der Waals surface area contributed by atoms with Gasteiger partial charge in [0, 0.05) is 13.0 Å². The van der Waals surface area contributed by atoms with E-state index in [-0.39, 0.29) is 13.0 Å². The second-order valence-corrected chi connectivity index (χ2v) is 10.8. The van der Waals surface area contributed by atoms with E-state index in [1.54, 1.807) is 26.8 Å². The van der Waals surface area contributed by atoms with Gasteiger partial charge in [0.15, 0.2) is 0 Å². The Morgan fingerprint density at radius 2 is 1.78 bits per heavy atom. The second-order valence-electron chi connectivity index (χ2n) is 9.97. The molecule has 0 bridgehead atoms. The molecule has 37 heavy (non-hydrogen) atoms. The lowest BCUT2D eigenvalue weighted by atomic mass is 10.1. The molecule has 1 N–H and O–H groups in total. The van der Waals surface area contributed by atoms with Crippen LogP contribution >= 0.6 is 23.2 Å². The molecule has 0 radical (unpaired) electrons. The average molecular weight is 549 g/mol. The first-order valence-corrected chi connectivity index (χ1v) is 13.4. The van der Waals surface area contributed by atoms with Gasteiger partial charge in [-0.2, -0.15) is 0 Å². The van der Waals surface area contributed by atoms with E-state index in [2.05, 4.69) is 16.8 Å². The third-order valence-corrected chi connectivity index (χ3v) is 6.43. The molecular weight excluding hydrogens is 513 g/mol. The number of aryl methyl sites for hydroxylation is 2. The number of carbonyl (C=O) groups excluding carboxylic acids is 2. The lowest BCUT2D eigenvalue weighted by Gasteiger charge is -2.23. The van der Waals surface area contributed by atoms with Gasteiger partial charge in [0.2, 0.25) is 0 Å². The molecule has 3 rings (SSSR count). The Kier molecular flexibility index (Phi) is 10.2. The molecular formula is C28H35Cl2N3O4. The monoisotopic (exact) mass is 547 g/mol. The predicted molar refractivity (Wildman–Crippen MR) is 147 cm³/mol. The number of nitrogens with zero attached hydrogens (tertiary/aromatic N) is 2. The maximum absolute atomic E-state index is 13.0. The molecule has 7 nitrogen and oxygen atoms in total. The van der Waals surface area contributed by atoms with Crippen LogP contribution in [0.3, 0.4) is 0 Å². The largest absolute Gasteiger partial charge is 0.459 e. The zero-order valence-electron chi connectivity index (χ0n) is 21.9. The van der Waals surface area contributed by atoms with Crippen LogP contribution < -0.4 is 5.32 Å². The molecule has 0 saturated heterocycles. The van der Waals surface area contributed by atoms with Crippen LogP contribution in [-0.2, 0) is 33.8 Å². The van der Waals surface area contributed by atoms with Crippen molar-refractivity contribution in [1.29, 1.82) is 0 Å². The molecule has 1 amide bonds. The zero-order valence-corrected chi connectivity index (χ0v) is 23.4. The molecule has 1 aromatic heterocycles. The number of ether oxygens (including phenoxy) is 2. The molecule has 1 unspecified atom stereocenters. The third-order valence-electron chi connectivity index (χ3n) is 5.71. The average Bonchev–Trinajstić information content (AvgIpc) is 3.16. The number of hydrogen-bond acceptors (Lipinski definition) is 5. The van der Waals surface area contributed by atoms with Gasteiger partial charge in [0.1, 0.15) is 24.1 Å². The molecule has 0 fully saturated rings. The zero-order chi connectivity index (χ0) is 27.0. The van der Waals surface area contributed by atoms with E-state index in [1.807, 2.05) is 36.4 Å². The molecule has 0 saturated carbocycles. The van der Waals surface area contributed by atoms with Crippen LogP contribution in [0.2, 0.25) is 10.0 Å². The van der Waals surface area contributed by atoms with Crippen molar-refractivity contribution < 1.29 is 19.1 Å². The SMILES string of the molecule is CCCCCn1c(CCC(NC(=O)OC(C)(C)C)C(=O)OCc2ccccc2)nc2cc(Cl)c(Cl)cc21. The van der Waals surface area contributed by atoms with E-state index in [1.165, 1.54) is 0 Å². The number of carbonyl (C=O) groups is 2. The molecule has 1 heterocycles. The molecule has 2 aromatic carbocycles. The van der Waals surface area contributed by atoms with Gasteiger partial charge in [-0.25, -0.2) is 14.6 Å². The van der Waals surface area contributed by atoms with Crippen molar-refractivity contribution in [3.05, 3.63) is 63.9 Å². The highest BCUT2D eigenvalue weighted by atomic mass is 35.5. The van der Waals surface area contributed by atoms with Crippen LogP contribution in [-0.4, -0.2) is 33.3 Å². The first-order valence-electron chi connectivity index (χ1n) is 12.6. The first-order chi connectivity index (χ1) is 17.6. The highest BCUT2D eigenvalue weighted by Gasteiger charge is 2.26. The molecule has 3 aromatic rings. The summed E-state index contributed by atoms with van der Waals surface area (Å²) in [5.41, 5.74) is 1.79. The summed E-state index contributed by atoms with van der Waals surface area (Å²) >= 11 is 12.5. The minimum absolute atomic E-state index is 0.110. The number of rotatable bonds is 11. The predicted octanol–water partition coefficient (Wildman–Crippen LogP) is 7.10. The van der Waals surface area contributed by atoms with Gasteiger partial charge >= 0.3 is 12.1 Å². The number of esters is 1. The van der Waals surface area contributed by atoms with Crippen LogP contribution in [0.1, 0.15) is 64.8 Å². The van der Waals surface area contributed by atoms with E-state index in [0.29, 0.717) is 16.5 Å². The van der Waals surface area contributed by atoms with E-state index in [4.69, 9.17) is 37.7 Å². The Labute approximate surface area is 228 Å². The number of alkyl carbamates (subject to hydrolysis) is 1. The number of aromatic nitrogens is 2. The van der Waals surface area contributed by atoms with Crippen LogP contribution in [0.5, 0.6) is 0 Å². The normalized spacial score (nSPS) is 12.4. The van der Waals surface area contributed by atoms with Crippen LogP contribution in [0.15, 0.2) is 42.5 Å². The summed E-state index contributed by atoms with van der Waals surface area (Å²) in [6.45, 7) is 8.33. The Hall–Kier alpha value is -2.77. The summed E-state index contributed by atoms with van der Waals surface area (Å²) in [7, 11) is 0. The van der Waals surface area contributed by atoms with Gasteiger partial charge in [-0.1, -0.05) is 73.3 Å². The summed E-state index contributed by atoms with van der Waals surface area (Å²) in [6.07, 6.45) is 3.18. The fourth-order valence-corrected chi connectivity index (χ4v) is 4.25. The van der Waals surface area contributed by atoms with E-state index < -0.39 is 23.7 Å². The Bertz CT molecular complexity index is 1210. The number of hydrogen-bond donors (Lipinski definition) is 1. The molecule has 1 atom stereocenters. The van der Waals surface area contributed by atoms with E-state index in [0.717, 1.165) is 48.2 Å². The summed E-state index contributed by atoms with van der Waals surface area (Å²) in [5, 5.41) is 3.59. The number of unbranched alkanes of at least 4 members (excludes halogenated alkanes) is 2. The second kappa shape index (κ2) is 13.2. The molecule has 0 aliphatic heterocycles. The lowest BCUT2D eigenvalue weighted by molar-refractivity contribution is -0.147. The molecule has 0 aliphatic rings. The number of fused-ring (bicyclic) bond motifs is 1. The van der Waals surface area contributed by atoms with Gasteiger partial charge in [-0.05, 0) is 51.3 Å². The minimum atomic E-state index is -0.908. The molecule has 0 spiro atoms. The van der Waals surface area contributed by atoms with Gasteiger partial charge in [0.25, 0.3) is 0 Å². The Morgan fingerprint density at radius 3 is 2.46 bits per heavy atom. The van der Waals surface area contributed by atoms with Crippen molar-refractivity contribution in [2.75, 3.05) is 0 Å². The lowest BCUT2D eigenvalue weighted by Crippen LogP contribution is -2.44. The van der Waals surface area contributed by atoms with Crippen LogP contribution in [0.4, 0.5) is 4.79 Å². The standard InChI is InChI=1S/C28H35Cl2N3O4/c1-5-6-10-15-33-24-17-21(30)20(29)16-23(24)31-25(33)14-13-22(32-27(35)37-28(2,3)4)26(34)36-18-19-11-8-7-9-12-19/h7-9,11-12,16-17,22H,5-6,10,13-15,18H2,1-4H3,(H,32,35). The van der Waals surface area contributed by atoms with Crippen molar-refractivity contribution in [3.63, 3.8) is 0 Å².